The second kappa shape index (κ2) is 9.02. The van der Waals surface area contributed by atoms with Gasteiger partial charge in [0, 0.05) is 54.8 Å². The van der Waals surface area contributed by atoms with E-state index in [1.807, 2.05) is 16.8 Å². The molecule has 1 aliphatic heterocycles. The summed E-state index contributed by atoms with van der Waals surface area (Å²) in [4.78, 5) is 24.6. The average Bonchev–Trinajstić information content (AvgIpc) is 3.49. The molecule has 0 amide bonds. The Kier molecular flexibility index (Phi) is 5.73. The molecule has 2 saturated carbocycles. The van der Waals surface area contributed by atoms with E-state index in [1.165, 1.54) is 24.9 Å². The molecule has 3 heterocycles. The van der Waals surface area contributed by atoms with Crippen LogP contribution in [0.2, 0.25) is 0 Å². The zero-order valence-electron chi connectivity index (χ0n) is 19.6. The van der Waals surface area contributed by atoms with Crippen molar-refractivity contribution in [1.29, 1.82) is 0 Å². The Morgan fingerprint density at radius 1 is 1.00 bits per heavy atom. The highest BCUT2D eigenvalue weighted by atomic mass is 16.3. The Hall–Kier alpha value is -2.93. The number of pyridine rings is 1. The Labute approximate surface area is 199 Å². The summed E-state index contributed by atoms with van der Waals surface area (Å²) < 4.78 is 1.94. The van der Waals surface area contributed by atoms with Crippen molar-refractivity contribution in [2.24, 2.45) is 17.8 Å². The van der Waals surface area contributed by atoms with Crippen LogP contribution in [0, 0.1) is 17.8 Å². The molecule has 178 valence electrons. The van der Waals surface area contributed by atoms with Gasteiger partial charge >= 0.3 is 0 Å². The van der Waals surface area contributed by atoms with E-state index in [0.717, 1.165) is 61.4 Å². The van der Waals surface area contributed by atoms with Crippen molar-refractivity contribution < 1.29 is 5.11 Å². The van der Waals surface area contributed by atoms with Crippen LogP contribution in [0.25, 0.3) is 11.0 Å². The van der Waals surface area contributed by atoms with Crippen molar-refractivity contribution in [3.05, 3.63) is 52.9 Å². The standard InChI is InChI=1S/C27H33N5O2/c33-14-11-18-9-12-31(13-10-18)23-6-4-22(5-7-23)29-27-28-17-21-3-8-25(34)32(26(21)30-27)24-16-19-1-2-20(24)15-19/h3-8,17-20,24,33H,1-2,9-16H2,(H,28,29,30). The van der Waals surface area contributed by atoms with Gasteiger partial charge in [-0.05, 0) is 86.6 Å². The molecule has 2 aromatic heterocycles. The Bertz CT molecular complexity index is 1220. The SMILES string of the molecule is O=c1ccc2cnc(Nc3ccc(N4CCC(CCO)CC4)cc3)nc2n1C1CC2CCC1C2. The van der Waals surface area contributed by atoms with E-state index < -0.39 is 0 Å². The zero-order valence-corrected chi connectivity index (χ0v) is 19.6. The van der Waals surface area contributed by atoms with Gasteiger partial charge in [0.25, 0.3) is 5.56 Å². The molecule has 0 radical (unpaired) electrons. The molecule has 2 aliphatic carbocycles. The maximum absolute atomic E-state index is 12.9. The number of hydrogen-bond donors (Lipinski definition) is 2. The van der Waals surface area contributed by atoms with Crippen LogP contribution in [-0.2, 0) is 0 Å². The van der Waals surface area contributed by atoms with Gasteiger partial charge in [0.1, 0.15) is 5.65 Å². The minimum absolute atomic E-state index is 0.0433. The second-order valence-corrected chi connectivity index (χ2v) is 10.4. The molecule has 3 aromatic rings. The van der Waals surface area contributed by atoms with E-state index in [4.69, 9.17) is 4.98 Å². The summed E-state index contributed by atoms with van der Waals surface area (Å²) in [5, 5.41) is 13.4. The minimum Gasteiger partial charge on any atom is -0.396 e. The van der Waals surface area contributed by atoms with Crippen molar-refractivity contribution in [3.63, 3.8) is 0 Å². The highest BCUT2D eigenvalue weighted by Gasteiger charge is 2.41. The summed E-state index contributed by atoms with van der Waals surface area (Å²) in [5.74, 6) is 2.52. The summed E-state index contributed by atoms with van der Waals surface area (Å²) in [6.07, 6.45) is 9.87. The van der Waals surface area contributed by atoms with Crippen LogP contribution in [0.15, 0.2) is 47.4 Å². The van der Waals surface area contributed by atoms with Gasteiger partial charge < -0.3 is 15.3 Å². The molecule has 1 aromatic carbocycles. The highest BCUT2D eigenvalue weighted by Crippen LogP contribution is 2.50. The first-order chi connectivity index (χ1) is 16.7. The van der Waals surface area contributed by atoms with Crippen LogP contribution in [-0.4, -0.2) is 39.3 Å². The summed E-state index contributed by atoms with van der Waals surface area (Å²) in [6.45, 7) is 2.36. The predicted molar refractivity (Wildman–Crippen MR) is 135 cm³/mol. The van der Waals surface area contributed by atoms with Crippen molar-refractivity contribution in [1.82, 2.24) is 14.5 Å². The second-order valence-electron chi connectivity index (χ2n) is 10.4. The lowest BCUT2D eigenvalue weighted by atomic mass is 9.93. The number of anilines is 3. The van der Waals surface area contributed by atoms with Crippen molar-refractivity contribution in [2.45, 2.75) is 51.0 Å². The van der Waals surface area contributed by atoms with Crippen LogP contribution in [0.3, 0.4) is 0 Å². The van der Waals surface area contributed by atoms with Crippen molar-refractivity contribution in [3.8, 4) is 0 Å². The van der Waals surface area contributed by atoms with Gasteiger partial charge in [0.05, 0.1) is 0 Å². The lowest BCUT2D eigenvalue weighted by molar-refractivity contribution is 0.240. The molecule has 2 N–H and O–H groups in total. The lowest BCUT2D eigenvalue weighted by Gasteiger charge is -2.33. The maximum Gasteiger partial charge on any atom is 0.252 e. The third-order valence-electron chi connectivity index (χ3n) is 8.34. The molecule has 2 bridgehead atoms. The number of nitrogens with one attached hydrogen (secondary N) is 1. The molecular formula is C27H33N5O2. The topological polar surface area (TPSA) is 83.3 Å². The number of fused-ring (bicyclic) bond motifs is 3. The minimum atomic E-state index is 0.0433. The molecular weight excluding hydrogens is 426 g/mol. The van der Waals surface area contributed by atoms with E-state index >= 15 is 0 Å². The molecule has 0 spiro atoms. The van der Waals surface area contributed by atoms with Crippen LogP contribution in [0.5, 0.6) is 0 Å². The first-order valence-corrected chi connectivity index (χ1v) is 12.8. The van der Waals surface area contributed by atoms with Crippen LogP contribution in [0.4, 0.5) is 17.3 Å². The molecule has 3 unspecified atom stereocenters. The third kappa shape index (κ3) is 4.06. The number of aliphatic hydroxyl groups is 1. The molecule has 3 aliphatic rings. The van der Waals surface area contributed by atoms with E-state index in [9.17, 15) is 9.90 Å². The van der Waals surface area contributed by atoms with E-state index in [-0.39, 0.29) is 11.6 Å². The summed E-state index contributed by atoms with van der Waals surface area (Å²) in [5.41, 5.74) is 2.94. The Morgan fingerprint density at radius 3 is 2.53 bits per heavy atom. The van der Waals surface area contributed by atoms with Crippen molar-refractivity contribution >= 4 is 28.4 Å². The van der Waals surface area contributed by atoms with Crippen molar-refractivity contribution in [2.75, 3.05) is 29.9 Å². The first kappa shape index (κ1) is 21.6. The quantitative estimate of drug-likeness (QED) is 0.565. The van der Waals surface area contributed by atoms with Gasteiger partial charge in [-0.25, -0.2) is 4.98 Å². The summed E-state index contributed by atoms with van der Waals surface area (Å²) in [6, 6.07) is 12.2. The van der Waals surface area contributed by atoms with Gasteiger partial charge in [-0.2, -0.15) is 4.98 Å². The predicted octanol–water partition coefficient (Wildman–Crippen LogP) is 4.50. The molecule has 1 saturated heterocycles. The van der Waals surface area contributed by atoms with Gasteiger partial charge in [0.15, 0.2) is 0 Å². The number of rotatable bonds is 6. The van der Waals surface area contributed by atoms with E-state index in [2.05, 4.69) is 39.5 Å². The fraction of sp³-hybridized carbons (Fsp3) is 0.519. The number of nitrogens with zero attached hydrogens (tertiary/aromatic N) is 4. The highest BCUT2D eigenvalue weighted by molar-refractivity contribution is 5.76. The van der Waals surface area contributed by atoms with Crippen LogP contribution in [0.1, 0.15) is 51.0 Å². The normalized spacial score (nSPS) is 24.7. The van der Waals surface area contributed by atoms with Crippen LogP contribution >= 0.6 is 0 Å². The third-order valence-corrected chi connectivity index (χ3v) is 8.34. The van der Waals surface area contributed by atoms with E-state index in [1.54, 1.807) is 6.07 Å². The van der Waals surface area contributed by atoms with Gasteiger partial charge in [0.2, 0.25) is 5.95 Å². The number of piperidine rings is 1. The van der Waals surface area contributed by atoms with E-state index in [0.29, 0.717) is 24.4 Å². The zero-order chi connectivity index (χ0) is 23.1. The number of benzene rings is 1. The van der Waals surface area contributed by atoms with Gasteiger partial charge in [-0.1, -0.05) is 6.42 Å². The smallest absolute Gasteiger partial charge is 0.252 e. The molecule has 3 fully saturated rings. The Balaban J connectivity index is 1.20. The van der Waals surface area contributed by atoms with Crippen LogP contribution < -0.4 is 15.8 Å². The maximum atomic E-state index is 12.9. The first-order valence-electron chi connectivity index (χ1n) is 12.8. The van der Waals surface area contributed by atoms with Gasteiger partial charge in [-0.15, -0.1) is 0 Å². The van der Waals surface area contributed by atoms with Gasteiger partial charge in [-0.3, -0.25) is 9.36 Å². The fourth-order valence-corrected chi connectivity index (χ4v) is 6.49. The molecule has 7 nitrogen and oxygen atoms in total. The summed E-state index contributed by atoms with van der Waals surface area (Å²) in [7, 11) is 0. The molecule has 3 atom stereocenters. The number of aromatic nitrogens is 3. The largest absolute Gasteiger partial charge is 0.396 e. The lowest BCUT2D eigenvalue weighted by Crippen LogP contribution is -2.33. The number of aliphatic hydroxyl groups excluding tert-OH is 1. The monoisotopic (exact) mass is 459 g/mol. The average molecular weight is 460 g/mol. The summed E-state index contributed by atoms with van der Waals surface area (Å²) >= 11 is 0. The number of hydrogen-bond acceptors (Lipinski definition) is 6. The fourth-order valence-electron chi connectivity index (χ4n) is 6.49. The molecule has 7 heteroatoms. The Morgan fingerprint density at radius 2 is 1.82 bits per heavy atom. The molecule has 6 rings (SSSR count). The molecule has 34 heavy (non-hydrogen) atoms.